The number of rotatable bonds is 5. The van der Waals surface area contributed by atoms with Crippen LogP contribution in [0.15, 0.2) is 54.6 Å². The highest BCUT2D eigenvalue weighted by atomic mass is 35.5. The SMILES string of the molecule is CN(c1ccc(-c2ccccc2)cc1)C(C)(CO)CO.Cl. The van der Waals surface area contributed by atoms with E-state index in [1.54, 1.807) is 0 Å². The first-order valence-corrected chi connectivity index (χ1v) is 6.72. The predicted molar refractivity (Wildman–Crippen MR) is 90.1 cm³/mol. The Morgan fingerprint density at radius 3 is 1.81 bits per heavy atom. The van der Waals surface area contributed by atoms with Crippen molar-refractivity contribution in [2.24, 2.45) is 0 Å². The fraction of sp³-hybridized carbons (Fsp3) is 0.294. The number of halogens is 1. The third kappa shape index (κ3) is 3.76. The summed E-state index contributed by atoms with van der Waals surface area (Å²) in [4.78, 5) is 1.90. The Morgan fingerprint density at radius 2 is 1.33 bits per heavy atom. The molecule has 2 aromatic carbocycles. The van der Waals surface area contributed by atoms with Crippen molar-refractivity contribution in [3.63, 3.8) is 0 Å². The van der Waals surface area contributed by atoms with Crippen molar-refractivity contribution in [3.8, 4) is 11.1 Å². The van der Waals surface area contributed by atoms with Gasteiger partial charge in [0.1, 0.15) is 0 Å². The Balaban J connectivity index is 0.00000220. The summed E-state index contributed by atoms with van der Waals surface area (Å²) in [6.45, 7) is 1.64. The van der Waals surface area contributed by atoms with E-state index < -0.39 is 5.54 Å². The van der Waals surface area contributed by atoms with E-state index in [2.05, 4.69) is 24.3 Å². The second-order valence-corrected chi connectivity index (χ2v) is 5.29. The highest BCUT2D eigenvalue weighted by Crippen LogP contribution is 2.26. The molecule has 4 heteroatoms. The molecule has 0 saturated carbocycles. The lowest BCUT2D eigenvalue weighted by molar-refractivity contribution is 0.130. The molecule has 2 aromatic rings. The maximum atomic E-state index is 9.45. The number of anilines is 1. The average Bonchev–Trinajstić information content (AvgIpc) is 2.54. The fourth-order valence-electron chi connectivity index (χ4n) is 2.08. The van der Waals surface area contributed by atoms with Crippen molar-refractivity contribution < 1.29 is 10.2 Å². The van der Waals surface area contributed by atoms with Gasteiger partial charge < -0.3 is 15.1 Å². The Kier molecular flexibility index (Phi) is 6.21. The number of benzene rings is 2. The van der Waals surface area contributed by atoms with Gasteiger partial charge in [0.05, 0.1) is 18.8 Å². The summed E-state index contributed by atoms with van der Waals surface area (Å²) in [7, 11) is 1.88. The standard InChI is InChI=1S/C17H21NO2.ClH/c1-17(12-19,13-20)18(2)16-10-8-15(9-11-16)14-6-4-3-5-7-14;/h3-11,19-20H,12-13H2,1-2H3;1H. The van der Waals surface area contributed by atoms with Gasteiger partial charge in [-0.15, -0.1) is 12.4 Å². The van der Waals surface area contributed by atoms with Crippen molar-refractivity contribution in [1.29, 1.82) is 0 Å². The smallest absolute Gasteiger partial charge is 0.0830 e. The van der Waals surface area contributed by atoms with Gasteiger partial charge in [-0.05, 0) is 30.2 Å². The maximum absolute atomic E-state index is 9.45. The average molecular weight is 308 g/mol. The summed E-state index contributed by atoms with van der Waals surface area (Å²) in [5.41, 5.74) is 2.63. The molecule has 0 fully saturated rings. The first-order valence-electron chi connectivity index (χ1n) is 6.72. The minimum Gasteiger partial charge on any atom is -0.394 e. The summed E-state index contributed by atoms with van der Waals surface area (Å²) in [5, 5.41) is 18.9. The predicted octanol–water partition coefficient (Wildman–Crippen LogP) is 2.95. The van der Waals surface area contributed by atoms with Crippen molar-refractivity contribution in [1.82, 2.24) is 0 Å². The summed E-state index contributed by atoms with van der Waals surface area (Å²) in [6, 6.07) is 18.3. The zero-order valence-corrected chi connectivity index (χ0v) is 13.2. The van der Waals surface area contributed by atoms with E-state index in [9.17, 15) is 10.2 Å². The Bertz CT molecular complexity index is 538. The number of aliphatic hydroxyl groups is 2. The normalized spacial score (nSPS) is 10.9. The highest BCUT2D eigenvalue weighted by molar-refractivity contribution is 5.85. The number of hydrogen-bond acceptors (Lipinski definition) is 3. The van der Waals surface area contributed by atoms with Gasteiger partial charge in [-0.1, -0.05) is 42.5 Å². The Morgan fingerprint density at radius 1 is 0.857 bits per heavy atom. The van der Waals surface area contributed by atoms with E-state index in [0.717, 1.165) is 11.3 Å². The van der Waals surface area contributed by atoms with Crippen LogP contribution in [0, 0.1) is 0 Å². The van der Waals surface area contributed by atoms with Crippen LogP contribution in [0.1, 0.15) is 6.92 Å². The van der Waals surface area contributed by atoms with Crippen LogP contribution < -0.4 is 4.90 Å². The highest BCUT2D eigenvalue weighted by Gasteiger charge is 2.27. The van der Waals surface area contributed by atoms with Crippen LogP contribution in [0.25, 0.3) is 11.1 Å². The molecule has 0 atom stereocenters. The van der Waals surface area contributed by atoms with Crippen molar-refractivity contribution in [2.45, 2.75) is 12.5 Å². The Labute approximate surface area is 132 Å². The zero-order valence-electron chi connectivity index (χ0n) is 12.4. The van der Waals surface area contributed by atoms with Gasteiger partial charge in [0.25, 0.3) is 0 Å². The van der Waals surface area contributed by atoms with E-state index in [-0.39, 0.29) is 25.6 Å². The van der Waals surface area contributed by atoms with Crippen LogP contribution in [-0.2, 0) is 0 Å². The molecule has 0 aliphatic carbocycles. The summed E-state index contributed by atoms with van der Waals surface area (Å²) in [6.07, 6.45) is 0. The maximum Gasteiger partial charge on any atom is 0.0830 e. The third-order valence-corrected chi connectivity index (χ3v) is 3.85. The molecule has 0 unspecified atom stereocenters. The van der Waals surface area contributed by atoms with Gasteiger partial charge in [-0.2, -0.15) is 0 Å². The molecule has 0 bridgehead atoms. The molecule has 114 valence electrons. The number of aliphatic hydroxyl groups excluding tert-OH is 2. The van der Waals surface area contributed by atoms with E-state index in [1.807, 2.05) is 49.2 Å². The lowest BCUT2D eigenvalue weighted by atomic mass is 10.0. The number of hydrogen-bond donors (Lipinski definition) is 2. The molecule has 0 heterocycles. The van der Waals surface area contributed by atoms with Gasteiger partial charge in [-0.25, -0.2) is 0 Å². The molecular weight excluding hydrogens is 286 g/mol. The lowest BCUT2D eigenvalue weighted by Crippen LogP contribution is -2.50. The zero-order chi connectivity index (χ0) is 14.6. The molecule has 3 nitrogen and oxygen atoms in total. The van der Waals surface area contributed by atoms with Gasteiger partial charge in [0.2, 0.25) is 0 Å². The molecular formula is C17H22ClNO2. The quantitative estimate of drug-likeness (QED) is 0.892. The summed E-state index contributed by atoms with van der Waals surface area (Å²) >= 11 is 0. The Hall–Kier alpha value is -1.55. The number of nitrogens with zero attached hydrogens (tertiary/aromatic N) is 1. The van der Waals surface area contributed by atoms with Gasteiger partial charge in [0.15, 0.2) is 0 Å². The molecule has 2 rings (SSSR count). The van der Waals surface area contributed by atoms with Gasteiger partial charge in [-0.3, -0.25) is 0 Å². The van der Waals surface area contributed by atoms with Crippen LogP contribution in [0.5, 0.6) is 0 Å². The van der Waals surface area contributed by atoms with Crippen LogP contribution in [0.2, 0.25) is 0 Å². The monoisotopic (exact) mass is 307 g/mol. The first kappa shape index (κ1) is 17.5. The van der Waals surface area contributed by atoms with E-state index in [4.69, 9.17) is 0 Å². The number of likely N-dealkylation sites (N-methyl/N-ethyl adjacent to an activating group) is 1. The molecule has 0 aliphatic rings. The molecule has 0 aromatic heterocycles. The minimum atomic E-state index is -0.658. The van der Waals surface area contributed by atoms with E-state index in [0.29, 0.717) is 0 Å². The summed E-state index contributed by atoms with van der Waals surface area (Å²) in [5.74, 6) is 0. The largest absolute Gasteiger partial charge is 0.394 e. The van der Waals surface area contributed by atoms with Crippen LogP contribution in [0.3, 0.4) is 0 Å². The molecule has 0 amide bonds. The second-order valence-electron chi connectivity index (χ2n) is 5.29. The topological polar surface area (TPSA) is 43.7 Å². The molecule has 0 saturated heterocycles. The molecule has 21 heavy (non-hydrogen) atoms. The minimum absolute atomic E-state index is 0. The van der Waals surface area contributed by atoms with Crippen molar-refractivity contribution in [3.05, 3.63) is 54.6 Å². The fourth-order valence-corrected chi connectivity index (χ4v) is 2.08. The van der Waals surface area contributed by atoms with Crippen molar-refractivity contribution in [2.75, 3.05) is 25.2 Å². The molecule has 0 spiro atoms. The van der Waals surface area contributed by atoms with E-state index >= 15 is 0 Å². The summed E-state index contributed by atoms with van der Waals surface area (Å²) < 4.78 is 0. The van der Waals surface area contributed by atoms with Crippen LogP contribution in [-0.4, -0.2) is 36.0 Å². The van der Waals surface area contributed by atoms with Crippen molar-refractivity contribution >= 4 is 18.1 Å². The first-order chi connectivity index (χ1) is 9.60. The van der Waals surface area contributed by atoms with Gasteiger partial charge in [0, 0.05) is 12.7 Å². The van der Waals surface area contributed by atoms with Crippen LogP contribution in [0.4, 0.5) is 5.69 Å². The van der Waals surface area contributed by atoms with Crippen LogP contribution >= 0.6 is 12.4 Å². The third-order valence-electron chi connectivity index (χ3n) is 3.85. The van der Waals surface area contributed by atoms with Gasteiger partial charge >= 0.3 is 0 Å². The lowest BCUT2D eigenvalue weighted by Gasteiger charge is -2.37. The van der Waals surface area contributed by atoms with E-state index in [1.165, 1.54) is 5.56 Å². The molecule has 0 radical (unpaired) electrons. The second kappa shape index (κ2) is 7.46. The molecule has 0 aliphatic heterocycles. The molecule has 2 N–H and O–H groups in total.